The SMILES string of the molecule is CC.CC(C)C(=O)N(C)Cc1cocn1. The topological polar surface area (TPSA) is 46.3 Å². The molecule has 0 aliphatic heterocycles. The van der Waals surface area contributed by atoms with Crippen molar-refractivity contribution in [2.45, 2.75) is 34.2 Å². The molecule has 1 rings (SSSR count). The number of carbonyl (C=O) groups is 1. The fourth-order valence-electron chi connectivity index (χ4n) is 1.08. The molecule has 0 unspecified atom stereocenters. The second kappa shape index (κ2) is 7.04. The predicted octanol–water partition coefficient (Wildman–Crippen LogP) is 2.32. The van der Waals surface area contributed by atoms with Gasteiger partial charge in [0, 0.05) is 13.0 Å². The number of rotatable bonds is 3. The zero-order chi connectivity index (χ0) is 11.8. The fraction of sp³-hybridized carbons (Fsp3) is 0.636. The van der Waals surface area contributed by atoms with Crippen molar-refractivity contribution < 1.29 is 9.21 Å². The minimum absolute atomic E-state index is 0.0249. The third-order valence-corrected chi connectivity index (χ3v) is 1.75. The number of hydrogen-bond donors (Lipinski definition) is 0. The molecule has 0 spiro atoms. The second-order valence-electron chi connectivity index (χ2n) is 3.33. The van der Waals surface area contributed by atoms with Gasteiger partial charge < -0.3 is 9.32 Å². The van der Waals surface area contributed by atoms with Gasteiger partial charge in [0.15, 0.2) is 6.39 Å². The normalized spacial score (nSPS) is 9.47. The van der Waals surface area contributed by atoms with Crippen LogP contribution in [-0.4, -0.2) is 22.8 Å². The molecule has 1 aromatic heterocycles. The van der Waals surface area contributed by atoms with E-state index in [1.807, 2.05) is 27.7 Å². The number of nitrogens with zero attached hydrogens (tertiary/aromatic N) is 2. The first kappa shape index (κ1) is 13.7. The van der Waals surface area contributed by atoms with E-state index in [9.17, 15) is 4.79 Å². The van der Waals surface area contributed by atoms with Gasteiger partial charge in [0.2, 0.25) is 5.91 Å². The Morgan fingerprint density at radius 1 is 1.53 bits per heavy atom. The average molecular weight is 212 g/mol. The summed E-state index contributed by atoms with van der Waals surface area (Å²) in [5.74, 6) is 0.139. The highest BCUT2D eigenvalue weighted by Crippen LogP contribution is 2.04. The average Bonchev–Trinajstić information content (AvgIpc) is 2.72. The standard InChI is InChI=1S/C9H14N2O2.C2H6/c1-7(2)9(12)11(3)4-8-5-13-6-10-8;1-2/h5-7H,4H2,1-3H3;1-2H3. The van der Waals surface area contributed by atoms with Crippen LogP contribution in [0.15, 0.2) is 17.1 Å². The fourth-order valence-corrected chi connectivity index (χ4v) is 1.08. The van der Waals surface area contributed by atoms with Crippen LogP contribution in [0.2, 0.25) is 0 Å². The van der Waals surface area contributed by atoms with E-state index in [4.69, 9.17) is 4.42 Å². The van der Waals surface area contributed by atoms with Crippen molar-refractivity contribution in [2.75, 3.05) is 7.05 Å². The minimum Gasteiger partial charge on any atom is -0.451 e. The van der Waals surface area contributed by atoms with Crippen LogP contribution in [-0.2, 0) is 11.3 Å². The van der Waals surface area contributed by atoms with Crippen molar-refractivity contribution in [3.63, 3.8) is 0 Å². The highest BCUT2D eigenvalue weighted by Gasteiger charge is 2.13. The van der Waals surface area contributed by atoms with E-state index < -0.39 is 0 Å². The maximum absolute atomic E-state index is 11.4. The van der Waals surface area contributed by atoms with E-state index in [2.05, 4.69) is 4.98 Å². The summed E-state index contributed by atoms with van der Waals surface area (Å²) >= 11 is 0. The van der Waals surface area contributed by atoms with Gasteiger partial charge in [0.05, 0.1) is 12.2 Å². The van der Waals surface area contributed by atoms with Crippen molar-refractivity contribution in [1.29, 1.82) is 0 Å². The number of carbonyl (C=O) groups excluding carboxylic acids is 1. The molecule has 0 saturated carbocycles. The van der Waals surface area contributed by atoms with Gasteiger partial charge in [-0.05, 0) is 0 Å². The Hall–Kier alpha value is -1.32. The van der Waals surface area contributed by atoms with Crippen molar-refractivity contribution >= 4 is 5.91 Å². The Balaban J connectivity index is 0.000000921. The lowest BCUT2D eigenvalue weighted by Gasteiger charge is -2.17. The Morgan fingerprint density at radius 2 is 2.13 bits per heavy atom. The van der Waals surface area contributed by atoms with Gasteiger partial charge >= 0.3 is 0 Å². The highest BCUT2D eigenvalue weighted by molar-refractivity contribution is 5.77. The van der Waals surface area contributed by atoms with E-state index >= 15 is 0 Å². The zero-order valence-electron chi connectivity index (χ0n) is 10.2. The molecule has 1 amide bonds. The minimum atomic E-state index is 0.0249. The monoisotopic (exact) mass is 212 g/mol. The molecule has 4 nitrogen and oxygen atoms in total. The van der Waals surface area contributed by atoms with Crippen LogP contribution in [0.3, 0.4) is 0 Å². The molecule has 0 bridgehead atoms. The molecule has 0 atom stereocenters. The first-order valence-electron chi connectivity index (χ1n) is 5.23. The van der Waals surface area contributed by atoms with Gasteiger partial charge in [-0.3, -0.25) is 4.79 Å². The molecule has 0 aliphatic rings. The molecule has 0 fully saturated rings. The Labute approximate surface area is 91.3 Å². The Morgan fingerprint density at radius 3 is 2.53 bits per heavy atom. The molecular formula is C11H20N2O2. The summed E-state index contributed by atoms with van der Waals surface area (Å²) in [6.07, 6.45) is 2.91. The number of hydrogen-bond acceptors (Lipinski definition) is 3. The van der Waals surface area contributed by atoms with Crippen molar-refractivity contribution in [2.24, 2.45) is 5.92 Å². The number of aromatic nitrogens is 1. The molecule has 4 heteroatoms. The van der Waals surface area contributed by atoms with E-state index in [1.54, 1.807) is 18.2 Å². The van der Waals surface area contributed by atoms with E-state index in [0.29, 0.717) is 6.54 Å². The van der Waals surface area contributed by atoms with Crippen LogP contribution in [0.1, 0.15) is 33.4 Å². The van der Waals surface area contributed by atoms with Crippen LogP contribution in [0, 0.1) is 5.92 Å². The molecule has 0 radical (unpaired) electrons. The zero-order valence-corrected chi connectivity index (χ0v) is 10.2. The smallest absolute Gasteiger partial charge is 0.225 e. The van der Waals surface area contributed by atoms with Gasteiger partial charge in [-0.25, -0.2) is 4.98 Å². The molecule has 1 aromatic rings. The Bertz CT molecular complexity index is 268. The molecule has 0 aliphatic carbocycles. The van der Waals surface area contributed by atoms with Crippen molar-refractivity contribution in [1.82, 2.24) is 9.88 Å². The summed E-state index contributed by atoms with van der Waals surface area (Å²) in [6.45, 7) is 8.26. The first-order chi connectivity index (χ1) is 7.11. The predicted molar refractivity (Wildman–Crippen MR) is 59.2 cm³/mol. The van der Waals surface area contributed by atoms with Gasteiger partial charge in [0.25, 0.3) is 0 Å². The summed E-state index contributed by atoms with van der Waals surface area (Å²) in [5.41, 5.74) is 0.775. The third kappa shape index (κ3) is 4.63. The summed E-state index contributed by atoms with van der Waals surface area (Å²) in [7, 11) is 1.76. The quantitative estimate of drug-likeness (QED) is 0.772. The van der Waals surface area contributed by atoms with Gasteiger partial charge in [-0.2, -0.15) is 0 Å². The summed E-state index contributed by atoms with van der Waals surface area (Å²) in [5, 5.41) is 0. The maximum Gasteiger partial charge on any atom is 0.225 e. The van der Waals surface area contributed by atoms with Crippen LogP contribution in [0.25, 0.3) is 0 Å². The lowest BCUT2D eigenvalue weighted by atomic mass is 10.2. The van der Waals surface area contributed by atoms with Crippen LogP contribution < -0.4 is 0 Å². The first-order valence-corrected chi connectivity index (χ1v) is 5.23. The highest BCUT2D eigenvalue weighted by atomic mass is 16.3. The molecule has 1 heterocycles. The summed E-state index contributed by atoms with van der Waals surface area (Å²) in [6, 6.07) is 0. The van der Waals surface area contributed by atoms with Crippen molar-refractivity contribution in [3.05, 3.63) is 18.4 Å². The summed E-state index contributed by atoms with van der Waals surface area (Å²) in [4.78, 5) is 17.0. The molecule has 0 aromatic carbocycles. The van der Waals surface area contributed by atoms with Gasteiger partial charge in [-0.15, -0.1) is 0 Å². The Kier molecular flexibility index (Phi) is 6.42. The second-order valence-corrected chi connectivity index (χ2v) is 3.33. The molecular weight excluding hydrogens is 192 g/mol. The van der Waals surface area contributed by atoms with Gasteiger partial charge in [0.1, 0.15) is 6.26 Å². The summed E-state index contributed by atoms with van der Waals surface area (Å²) < 4.78 is 4.81. The van der Waals surface area contributed by atoms with E-state index in [0.717, 1.165) is 5.69 Å². The lowest BCUT2D eigenvalue weighted by Crippen LogP contribution is -2.30. The third-order valence-electron chi connectivity index (χ3n) is 1.75. The van der Waals surface area contributed by atoms with Crippen molar-refractivity contribution in [3.8, 4) is 0 Å². The number of amides is 1. The van der Waals surface area contributed by atoms with E-state index in [1.165, 1.54) is 6.39 Å². The van der Waals surface area contributed by atoms with Crippen LogP contribution in [0.5, 0.6) is 0 Å². The van der Waals surface area contributed by atoms with Crippen LogP contribution in [0.4, 0.5) is 0 Å². The van der Waals surface area contributed by atoms with E-state index in [-0.39, 0.29) is 11.8 Å². The largest absolute Gasteiger partial charge is 0.451 e. The number of oxazole rings is 1. The molecule has 0 N–H and O–H groups in total. The lowest BCUT2D eigenvalue weighted by molar-refractivity contribution is -0.133. The molecule has 15 heavy (non-hydrogen) atoms. The van der Waals surface area contributed by atoms with Gasteiger partial charge in [-0.1, -0.05) is 27.7 Å². The molecule has 86 valence electrons. The molecule has 0 saturated heterocycles. The van der Waals surface area contributed by atoms with Crippen LogP contribution >= 0.6 is 0 Å². The maximum atomic E-state index is 11.4.